The molecule has 0 aliphatic rings. The fourth-order valence-electron chi connectivity index (χ4n) is 1.45. The van der Waals surface area contributed by atoms with Crippen LogP contribution in [0.5, 0.6) is 0 Å². The number of rotatable bonds is 2. The van der Waals surface area contributed by atoms with Crippen LogP contribution >= 0.6 is 33.9 Å². The Kier molecular flexibility index (Phi) is 4.14. The van der Waals surface area contributed by atoms with Crippen molar-refractivity contribution in [3.63, 3.8) is 0 Å². The molecule has 0 aliphatic heterocycles. The Morgan fingerprint density at radius 2 is 2.00 bits per heavy atom. The van der Waals surface area contributed by atoms with E-state index in [1.165, 1.54) is 23.5 Å². The summed E-state index contributed by atoms with van der Waals surface area (Å²) in [6.07, 6.45) is -4.50. The fraction of sp³-hybridized carbons (Fsp3) is 0.0833. The molecule has 0 radical (unpaired) electrons. The van der Waals surface area contributed by atoms with E-state index < -0.39 is 17.6 Å². The number of amides is 1. The summed E-state index contributed by atoms with van der Waals surface area (Å²) in [5, 5.41) is 3.98. The largest absolute Gasteiger partial charge is 0.418 e. The van der Waals surface area contributed by atoms with Crippen molar-refractivity contribution >= 4 is 45.5 Å². The number of nitrogens with one attached hydrogen (secondary N) is 1. The Morgan fingerprint density at radius 3 is 2.58 bits per heavy atom. The first-order valence-electron chi connectivity index (χ1n) is 5.09. The molecular formula is C12H7F3INOS. The number of hydrogen-bond donors (Lipinski definition) is 1. The number of hydrogen-bond acceptors (Lipinski definition) is 2. The molecule has 2 aromatic rings. The molecule has 0 atom stereocenters. The van der Waals surface area contributed by atoms with Crippen molar-refractivity contribution < 1.29 is 18.0 Å². The summed E-state index contributed by atoms with van der Waals surface area (Å²) < 4.78 is 39.1. The maximum atomic E-state index is 12.9. The highest BCUT2D eigenvalue weighted by Gasteiger charge is 2.34. The molecule has 1 heterocycles. The summed E-state index contributed by atoms with van der Waals surface area (Å²) in [6, 6.07) is 7.00. The summed E-state index contributed by atoms with van der Waals surface area (Å²) in [7, 11) is 0. The van der Waals surface area contributed by atoms with Gasteiger partial charge < -0.3 is 5.32 Å². The number of anilines is 1. The molecule has 1 amide bonds. The van der Waals surface area contributed by atoms with E-state index in [0.717, 1.165) is 6.07 Å². The third-order valence-electron chi connectivity index (χ3n) is 2.28. The molecule has 1 aromatic heterocycles. The van der Waals surface area contributed by atoms with Crippen molar-refractivity contribution in [2.24, 2.45) is 0 Å². The molecule has 0 aliphatic carbocycles. The first-order valence-corrected chi connectivity index (χ1v) is 7.05. The van der Waals surface area contributed by atoms with E-state index in [2.05, 4.69) is 5.32 Å². The maximum absolute atomic E-state index is 12.9. The van der Waals surface area contributed by atoms with Gasteiger partial charge in [0.2, 0.25) is 0 Å². The third-order valence-corrected chi connectivity index (χ3v) is 3.82. The van der Waals surface area contributed by atoms with Gasteiger partial charge in [-0.3, -0.25) is 4.79 Å². The van der Waals surface area contributed by atoms with Crippen molar-refractivity contribution in [2.75, 3.05) is 5.32 Å². The lowest BCUT2D eigenvalue weighted by Gasteiger charge is -2.13. The van der Waals surface area contributed by atoms with Crippen molar-refractivity contribution in [1.29, 1.82) is 0 Å². The number of alkyl halides is 3. The van der Waals surface area contributed by atoms with E-state index in [-0.39, 0.29) is 5.69 Å². The monoisotopic (exact) mass is 397 g/mol. The number of benzene rings is 1. The van der Waals surface area contributed by atoms with Gasteiger partial charge in [-0.05, 0) is 52.2 Å². The molecule has 0 fully saturated rings. The van der Waals surface area contributed by atoms with Crippen LogP contribution in [0.25, 0.3) is 0 Å². The molecule has 1 aromatic carbocycles. The lowest BCUT2D eigenvalue weighted by molar-refractivity contribution is -0.137. The molecule has 19 heavy (non-hydrogen) atoms. The van der Waals surface area contributed by atoms with E-state index in [4.69, 9.17) is 0 Å². The second-order valence-corrected chi connectivity index (χ2v) is 5.81. The summed E-state index contributed by atoms with van der Waals surface area (Å²) in [4.78, 5) is 12.1. The molecule has 100 valence electrons. The topological polar surface area (TPSA) is 29.1 Å². The number of carbonyl (C=O) groups excluding carboxylic acids is 1. The standard InChI is InChI=1S/C12H7F3INOS/c13-12(14,15)8-6-7(16)3-4-9(8)17-11(18)10-2-1-5-19-10/h1-6H,(H,17,18). The summed E-state index contributed by atoms with van der Waals surface area (Å²) in [6.45, 7) is 0. The van der Waals surface area contributed by atoms with E-state index in [1.807, 2.05) is 0 Å². The predicted molar refractivity (Wildman–Crippen MR) is 76.4 cm³/mol. The van der Waals surface area contributed by atoms with Crippen LogP contribution in [0.15, 0.2) is 35.7 Å². The first-order chi connectivity index (χ1) is 8.88. The average molecular weight is 397 g/mol. The second-order valence-electron chi connectivity index (χ2n) is 3.62. The number of carbonyl (C=O) groups is 1. The minimum atomic E-state index is -4.50. The van der Waals surface area contributed by atoms with Gasteiger partial charge in [0.05, 0.1) is 16.1 Å². The van der Waals surface area contributed by atoms with Crippen LogP contribution in [0.1, 0.15) is 15.2 Å². The second kappa shape index (κ2) is 5.49. The van der Waals surface area contributed by atoms with E-state index >= 15 is 0 Å². The number of thiophene rings is 1. The third kappa shape index (κ3) is 3.47. The van der Waals surface area contributed by atoms with Crippen LogP contribution in [0.2, 0.25) is 0 Å². The summed E-state index contributed by atoms with van der Waals surface area (Å²) >= 11 is 2.97. The highest BCUT2D eigenvalue weighted by Crippen LogP contribution is 2.36. The van der Waals surface area contributed by atoms with Gasteiger partial charge in [0.25, 0.3) is 5.91 Å². The van der Waals surface area contributed by atoms with Gasteiger partial charge in [-0.25, -0.2) is 0 Å². The molecule has 0 saturated heterocycles. The summed E-state index contributed by atoms with van der Waals surface area (Å²) in [5.74, 6) is -0.540. The van der Waals surface area contributed by atoms with Gasteiger partial charge in [0, 0.05) is 3.57 Å². The van der Waals surface area contributed by atoms with Gasteiger partial charge in [0.1, 0.15) is 0 Å². The van der Waals surface area contributed by atoms with Crippen LogP contribution in [-0.2, 0) is 6.18 Å². The molecule has 2 nitrogen and oxygen atoms in total. The zero-order valence-electron chi connectivity index (χ0n) is 9.29. The normalized spacial score (nSPS) is 11.4. The highest BCUT2D eigenvalue weighted by molar-refractivity contribution is 14.1. The van der Waals surface area contributed by atoms with Crippen molar-refractivity contribution in [2.45, 2.75) is 6.18 Å². The van der Waals surface area contributed by atoms with Crippen LogP contribution < -0.4 is 5.32 Å². The Labute approximate surface area is 124 Å². The first kappa shape index (κ1) is 14.3. The minimum absolute atomic E-state index is 0.230. The molecule has 2 rings (SSSR count). The lowest BCUT2D eigenvalue weighted by Crippen LogP contribution is -2.16. The van der Waals surface area contributed by atoms with Crippen LogP contribution in [0.3, 0.4) is 0 Å². The van der Waals surface area contributed by atoms with Crippen LogP contribution in [-0.4, -0.2) is 5.91 Å². The molecule has 0 bridgehead atoms. The fourth-order valence-corrected chi connectivity index (χ4v) is 2.56. The van der Waals surface area contributed by atoms with E-state index in [9.17, 15) is 18.0 Å². The van der Waals surface area contributed by atoms with Gasteiger partial charge in [0.15, 0.2) is 0 Å². The Hall–Kier alpha value is -1.09. The zero-order valence-corrected chi connectivity index (χ0v) is 12.3. The van der Waals surface area contributed by atoms with Crippen molar-refractivity contribution in [3.8, 4) is 0 Å². The smallest absolute Gasteiger partial charge is 0.321 e. The minimum Gasteiger partial charge on any atom is -0.321 e. The average Bonchev–Trinajstić information content (AvgIpc) is 2.83. The molecule has 0 saturated carbocycles. The Bertz CT molecular complexity index is 596. The van der Waals surface area contributed by atoms with E-state index in [0.29, 0.717) is 8.45 Å². The van der Waals surface area contributed by atoms with Gasteiger partial charge in [-0.15, -0.1) is 11.3 Å². The van der Waals surface area contributed by atoms with Gasteiger partial charge in [-0.2, -0.15) is 13.2 Å². The zero-order chi connectivity index (χ0) is 14.0. The van der Waals surface area contributed by atoms with Gasteiger partial charge >= 0.3 is 6.18 Å². The molecule has 1 N–H and O–H groups in total. The maximum Gasteiger partial charge on any atom is 0.418 e. The van der Waals surface area contributed by atoms with E-state index in [1.54, 1.807) is 40.1 Å². The molecule has 7 heteroatoms. The van der Waals surface area contributed by atoms with Crippen LogP contribution in [0.4, 0.5) is 18.9 Å². The molecule has 0 unspecified atom stereocenters. The Balaban J connectivity index is 2.33. The van der Waals surface area contributed by atoms with Crippen molar-refractivity contribution in [3.05, 3.63) is 49.7 Å². The summed E-state index contributed by atoms with van der Waals surface area (Å²) in [5.41, 5.74) is -1.07. The molecule has 0 spiro atoms. The van der Waals surface area contributed by atoms with Crippen LogP contribution in [0, 0.1) is 3.57 Å². The molecular weight excluding hydrogens is 390 g/mol. The van der Waals surface area contributed by atoms with Crippen molar-refractivity contribution in [1.82, 2.24) is 0 Å². The SMILES string of the molecule is O=C(Nc1ccc(I)cc1C(F)(F)F)c1cccs1. The van der Waals surface area contributed by atoms with Gasteiger partial charge in [-0.1, -0.05) is 6.07 Å². The highest BCUT2D eigenvalue weighted by atomic mass is 127. The predicted octanol–water partition coefficient (Wildman–Crippen LogP) is 4.62. The lowest BCUT2D eigenvalue weighted by atomic mass is 10.1. The Morgan fingerprint density at radius 1 is 1.26 bits per heavy atom. The number of halogens is 4. The quantitative estimate of drug-likeness (QED) is 0.737.